The van der Waals surface area contributed by atoms with Crippen LogP contribution in [0, 0.1) is 12.8 Å². The van der Waals surface area contributed by atoms with Crippen LogP contribution < -0.4 is 15.8 Å². The molecule has 3 unspecified atom stereocenters. The van der Waals surface area contributed by atoms with E-state index in [1.165, 1.54) is 48.8 Å². The number of benzene rings is 2. The van der Waals surface area contributed by atoms with Gasteiger partial charge in [0.1, 0.15) is 5.75 Å². The average Bonchev–Trinajstić information content (AvgIpc) is 3.36. The first kappa shape index (κ1) is 29.4. The van der Waals surface area contributed by atoms with Gasteiger partial charge in [-0.05, 0) is 85.4 Å². The molecule has 1 saturated carbocycles. The van der Waals surface area contributed by atoms with Gasteiger partial charge in [0.05, 0.1) is 42.5 Å². The number of aryl methyl sites for hydroxylation is 1. The molecule has 0 aliphatic heterocycles. The number of hydrogen-bond donors (Lipinski definition) is 2. The maximum Gasteiger partial charge on any atom is 0.306 e. The van der Waals surface area contributed by atoms with Gasteiger partial charge >= 0.3 is 5.97 Å². The maximum atomic E-state index is 13.1. The van der Waals surface area contributed by atoms with Crippen molar-refractivity contribution in [3.63, 3.8) is 0 Å². The molecule has 2 aromatic rings. The van der Waals surface area contributed by atoms with E-state index >= 15 is 0 Å². The summed E-state index contributed by atoms with van der Waals surface area (Å²) >= 11 is 0. The lowest BCUT2D eigenvalue weighted by Crippen LogP contribution is -2.34. The Morgan fingerprint density at radius 3 is 2.59 bits per heavy atom. The second-order valence-electron chi connectivity index (χ2n) is 10.9. The SMILES string of the molecule is CCOC(=O)CC(c1cc(N)c(NC)c(OC)c1)c1ccc(C)c2c1CCC2N(CC1CCCCC1)S(C)=O. The number of fused-ring (bicyclic) bond motifs is 1. The predicted molar refractivity (Wildman–Crippen MR) is 160 cm³/mol. The summed E-state index contributed by atoms with van der Waals surface area (Å²) in [5.41, 5.74) is 13.5. The molecule has 0 aromatic heterocycles. The van der Waals surface area contributed by atoms with Gasteiger partial charge in [-0.2, -0.15) is 0 Å². The highest BCUT2D eigenvalue weighted by molar-refractivity contribution is 7.81. The first-order valence-corrected chi connectivity index (χ1v) is 15.8. The third kappa shape index (κ3) is 6.43. The molecule has 0 spiro atoms. The molecule has 4 rings (SSSR count). The molecule has 2 aromatic carbocycles. The normalized spacial score (nSPS) is 19.0. The molecule has 7 nitrogen and oxygen atoms in total. The number of nitrogens with two attached hydrogens (primary N) is 1. The fraction of sp³-hybridized carbons (Fsp3) is 0.581. The van der Waals surface area contributed by atoms with Crippen LogP contribution in [0.5, 0.6) is 5.75 Å². The number of rotatable bonds is 11. The maximum absolute atomic E-state index is 13.1. The van der Waals surface area contributed by atoms with Crippen molar-refractivity contribution < 1.29 is 18.5 Å². The monoisotopic (exact) mass is 555 g/mol. The van der Waals surface area contributed by atoms with E-state index in [9.17, 15) is 9.00 Å². The Hall–Kier alpha value is -2.58. The molecule has 0 bridgehead atoms. The Morgan fingerprint density at radius 1 is 1.21 bits per heavy atom. The van der Waals surface area contributed by atoms with Crippen LogP contribution in [0.25, 0.3) is 0 Å². The highest BCUT2D eigenvalue weighted by Gasteiger charge is 2.36. The largest absolute Gasteiger partial charge is 0.494 e. The fourth-order valence-electron chi connectivity index (χ4n) is 6.70. The average molecular weight is 556 g/mol. The van der Waals surface area contributed by atoms with Gasteiger partial charge in [0, 0.05) is 31.8 Å². The standard InChI is InChI=1S/C31H45N3O4S/c1-6-38-29(35)18-25(22-16-26(32)31(33-3)28(17-22)37-4)23-13-12-20(2)30-24(23)14-15-27(30)34(39(5)36)19-21-10-8-7-9-11-21/h12-13,16-17,21,25,27,33H,6-11,14-15,18-19,32H2,1-5H3. The molecule has 2 aliphatic carbocycles. The second-order valence-corrected chi connectivity index (χ2v) is 12.3. The number of carbonyl (C=O) groups is 1. The van der Waals surface area contributed by atoms with Crippen LogP contribution in [-0.2, 0) is 26.9 Å². The molecule has 3 atom stereocenters. The first-order valence-electron chi connectivity index (χ1n) is 14.3. The van der Waals surface area contributed by atoms with E-state index in [0.717, 1.165) is 36.2 Å². The third-order valence-electron chi connectivity index (χ3n) is 8.53. The number of methoxy groups -OCH3 is 1. The Morgan fingerprint density at radius 2 is 1.95 bits per heavy atom. The Balaban J connectivity index is 1.78. The molecular weight excluding hydrogens is 510 g/mol. The lowest BCUT2D eigenvalue weighted by atomic mass is 9.83. The summed E-state index contributed by atoms with van der Waals surface area (Å²) in [5, 5.41) is 3.12. The van der Waals surface area contributed by atoms with Gasteiger partial charge in [0.2, 0.25) is 0 Å². The lowest BCUT2D eigenvalue weighted by Gasteiger charge is -2.33. The predicted octanol–water partition coefficient (Wildman–Crippen LogP) is 5.88. The van der Waals surface area contributed by atoms with Gasteiger partial charge in [-0.15, -0.1) is 0 Å². The second kappa shape index (κ2) is 13.2. The Bertz CT molecular complexity index is 1190. The van der Waals surface area contributed by atoms with Crippen molar-refractivity contribution in [2.24, 2.45) is 5.92 Å². The molecule has 0 saturated heterocycles. The summed E-state index contributed by atoms with van der Waals surface area (Å²) in [6, 6.07) is 8.34. The number of esters is 1. The van der Waals surface area contributed by atoms with Gasteiger partial charge < -0.3 is 20.5 Å². The highest BCUT2D eigenvalue weighted by Crippen LogP contribution is 2.46. The minimum Gasteiger partial charge on any atom is -0.494 e. The van der Waals surface area contributed by atoms with E-state index in [4.69, 9.17) is 15.2 Å². The summed E-state index contributed by atoms with van der Waals surface area (Å²) in [4.78, 5) is 12.9. The van der Waals surface area contributed by atoms with E-state index in [2.05, 4.69) is 28.7 Å². The van der Waals surface area contributed by atoms with E-state index < -0.39 is 11.0 Å². The van der Waals surface area contributed by atoms with Gasteiger partial charge in [-0.1, -0.05) is 31.4 Å². The van der Waals surface area contributed by atoms with Gasteiger partial charge in [0.15, 0.2) is 0 Å². The van der Waals surface area contributed by atoms with Crippen LogP contribution in [-0.4, -0.2) is 48.0 Å². The van der Waals surface area contributed by atoms with Crippen LogP contribution in [0.3, 0.4) is 0 Å². The van der Waals surface area contributed by atoms with Gasteiger partial charge in [0.25, 0.3) is 0 Å². The van der Waals surface area contributed by atoms with Crippen molar-refractivity contribution in [1.29, 1.82) is 0 Å². The van der Waals surface area contributed by atoms with Crippen molar-refractivity contribution in [2.45, 2.75) is 77.2 Å². The van der Waals surface area contributed by atoms with Crippen molar-refractivity contribution in [3.8, 4) is 5.75 Å². The summed E-state index contributed by atoms with van der Waals surface area (Å²) in [5.74, 6) is 0.768. The quantitative estimate of drug-likeness (QED) is 0.266. The van der Waals surface area contributed by atoms with E-state index in [1.54, 1.807) is 7.11 Å². The molecule has 8 heteroatoms. The minimum atomic E-state index is -1.07. The zero-order chi connectivity index (χ0) is 28.1. The number of nitrogen functional groups attached to an aromatic ring is 1. The molecule has 3 N–H and O–H groups in total. The summed E-state index contributed by atoms with van der Waals surface area (Å²) in [7, 11) is 2.37. The summed E-state index contributed by atoms with van der Waals surface area (Å²) < 4.78 is 26.4. The van der Waals surface area contributed by atoms with Crippen LogP contribution in [0.1, 0.15) is 91.6 Å². The summed E-state index contributed by atoms with van der Waals surface area (Å²) in [6.07, 6.45) is 10.1. The molecule has 2 aliphatic rings. The number of hydrogen-bond acceptors (Lipinski definition) is 6. The van der Waals surface area contributed by atoms with Gasteiger partial charge in [-0.3, -0.25) is 4.79 Å². The zero-order valence-corrected chi connectivity index (χ0v) is 25.0. The van der Waals surface area contributed by atoms with Crippen LogP contribution in [0.4, 0.5) is 11.4 Å². The number of nitrogens with one attached hydrogen (secondary N) is 1. The Kier molecular flexibility index (Phi) is 9.94. The molecular formula is C31H45N3O4S. The fourth-order valence-corrected chi connectivity index (χ4v) is 7.69. The number of anilines is 2. The van der Waals surface area contributed by atoms with Crippen molar-refractivity contribution >= 4 is 28.3 Å². The molecule has 0 amide bonds. The van der Waals surface area contributed by atoms with E-state index in [1.807, 2.05) is 32.4 Å². The molecule has 0 heterocycles. The lowest BCUT2D eigenvalue weighted by molar-refractivity contribution is -0.143. The van der Waals surface area contributed by atoms with Gasteiger partial charge in [-0.25, -0.2) is 8.51 Å². The van der Waals surface area contributed by atoms with Crippen LogP contribution in [0.2, 0.25) is 0 Å². The topological polar surface area (TPSA) is 93.9 Å². The molecule has 0 radical (unpaired) electrons. The van der Waals surface area contributed by atoms with Crippen molar-refractivity contribution in [3.05, 3.63) is 52.1 Å². The highest BCUT2D eigenvalue weighted by atomic mass is 32.2. The summed E-state index contributed by atoms with van der Waals surface area (Å²) in [6.45, 7) is 5.20. The molecule has 214 valence electrons. The first-order chi connectivity index (χ1) is 18.8. The molecule has 39 heavy (non-hydrogen) atoms. The zero-order valence-electron chi connectivity index (χ0n) is 24.2. The van der Waals surface area contributed by atoms with Crippen LogP contribution >= 0.6 is 0 Å². The third-order valence-corrected chi connectivity index (χ3v) is 9.60. The number of ether oxygens (including phenoxy) is 2. The van der Waals surface area contributed by atoms with E-state index in [0.29, 0.717) is 24.0 Å². The molecule has 1 fully saturated rings. The number of nitrogens with zero attached hydrogens (tertiary/aromatic N) is 1. The van der Waals surface area contributed by atoms with Crippen molar-refractivity contribution in [2.75, 3.05) is 44.6 Å². The smallest absolute Gasteiger partial charge is 0.306 e. The van der Waals surface area contributed by atoms with E-state index in [-0.39, 0.29) is 24.3 Å². The minimum absolute atomic E-state index is 0.113. The Labute approximate surface area is 236 Å². The van der Waals surface area contributed by atoms with Crippen molar-refractivity contribution in [1.82, 2.24) is 4.31 Å². The number of carbonyl (C=O) groups excluding carboxylic acids is 1. The van der Waals surface area contributed by atoms with Crippen LogP contribution in [0.15, 0.2) is 24.3 Å².